The van der Waals surface area contributed by atoms with Gasteiger partial charge in [0.15, 0.2) is 0 Å². The molecule has 2 rings (SSSR count). The van der Waals surface area contributed by atoms with Crippen LogP contribution in [0, 0.1) is 0 Å². The Morgan fingerprint density at radius 1 is 1.35 bits per heavy atom. The quantitative estimate of drug-likeness (QED) is 0.912. The third kappa shape index (κ3) is 3.17. The smallest absolute Gasteiger partial charge is 0.261 e. The van der Waals surface area contributed by atoms with Crippen molar-refractivity contribution in [1.82, 2.24) is 5.32 Å². The lowest BCUT2D eigenvalue weighted by Gasteiger charge is -2.13. The number of thiophene rings is 1. The molecular weight excluding hydrogens is 298 g/mol. The van der Waals surface area contributed by atoms with Crippen LogP contribution in [0.15, 0.2) is 46.3 Å². The SMILES string of the molecule is C[C@H](NC(=O)c1cccs1)c1cccc(Br)c1. The Morgan fingerprint density at radius 3 is 2.82 bits per heavy atom. The zero-order valence-electron chi connectivity index (χ0n) is 9.31. The van der Waals surface area contributed by atoms with Crippen LogP contribution in [-0.2, 0) is 0 Å². The van der Waals surface area contributed by atoms with E-state index in [4.69, 9.17) is 0 Å². The lowest BCUT2D eigenvalue weighted by atomic mass is 10.1. The van der Waals surface area contributed by atoms with Gasteiger partial charge in [-0.3, -0.25) is 4.79 Å². The van der Waals surface area contributed by atoms with E-state index in [1.54, 1.807) is 0 Å². The average molecular weight is 310 g/mol. The van der Waals surface area contributed by atoms with Crippen molar-refractivity contribution in [2.45, 2.75) is 13.0 Å². The van der Waals surface area contributed by atoms with Gasteiger partial charge in [-0.2, -0.15) is 0 Å². The summed E-state index contributed by atoms with van der Waals surface area (Å²) in [6.45, 7) is 1.98. The summed E-state index contributed by atoms with van der Waals surface area (Å²) >= 11 is 4.87. The zero-order chi connectivity index (χ0) is 12.3. The van der Waals surface area contributed by atoms with E-state index in [1.165, 1.54) is 11.3 Å². The van der Waals surface area contributed by atoms with Crippen LogP contribution in [0.2, 0.25) is 0 Å². The van der Waals surface area contributed by atoms with Crippen molar-refractivity contribution in [3.63, 3.8) is 0 Å². The predicted octanol–water partition coefficient (Wildman–Crippen LogP) is 4.00. The van der Waals surface area contributed by atoms with Crippen LogP contribution < -0.4 is 5.32 Å². The molecule has 1 aromatic heterocycles. The number of halogens is 1. The normalized spacial score (nSPS) is 12.1. The van der Waals surface area contributed by atoms with Gasteiger partial charge < -0.3 is 5.32 Å². The fourth-order valence-corrected chi connectivity index (χ4v) is 2.58. The van der Waals surface area contributed by atoms with E-state index < -0.39 is 0 Å². The van der Waals surface area contributed by atoms with Crippen LogP contribution in [-0.4, -0.2) is 5.91 Å². The third-order valence-corrected chi connectivity index (χ3v) is 3.80. The molecule has 0 fully saturated rings. The van der Waals surface area contributed by atoms with Gasteiger partial charge in [0, 0.05) is 4.47 Å². The number of rotatable bonds is 3. The highest BCUT2D eigenvalue weighted by molar-refractivity contribution is 9.10. The summed E-state index contributed by atoms with van der Waals surface area (Å²) in [5.74, 6) is -0.0209. The highest BCUT2D eigenvalue weighted by Gasteiger charge is 2.11. The predicted molar refractivity (Wildman–Crippen MR) is 74.3 cm³/mol. The maximum atomic E-state index is 11.9. The Morgan fingerprint density at radius 2 is 2.18 bits per heavy atom. The largest absolute Gasteiger partial charge is 0.345 e. The summed E-state index contributed by atoms with van der Waals surface area (Å²) in [5.41, 5.74) is 1.09. The van der Waals surface area contributed by atoms with E-state index in [0.29, 0.717) is 0 Å². The molecule has 0 aliphatic heterocycles. The van der Waals surface area contributed by atoms with Gasteiger partial charge in [-0.25, -0.2) is 0 Å². The first-order valence-electron chi connectivity index (χ1n) is 5.26. The van der Waals surface area contributed by atoms with E-state index in [2.05, 4.69) is 21.2 Å². The monoisotopic (exact) mass is 309 g/mol. The first-order chi connectivity index (χ1) is 8.16. The van der Waals surface area contributed by atoms with Crippen molar-refractivity contribution in [2.24, 2.45) is 0 Å². The van der Waals surface area contributed by atoms with Gasteiger partial charge in [0.05, 0.1) is 10.9 Å². The first-order valence-corrected chi connectivity index (χ1v) is 6.94. The second-order valence-electron chi connectivity index (χ2n) is 3.73. The average Bonchev–Trinajstić information content (AvgIpc) is 2.82. The second kappa shape index (κ2) is 5.47. The molecule has 0 spiro atoms. The molecule has 0 bridgehead atoms. The third-order valence-electron chi connectivity index (χ3n) is 2.44. The van der Waals surface area contributed by atoms with Gasteiger partial charge in [-0.1, -0.05) is 34.1 Å². The van der Waals surface area contributed by atoms with E-state index in [1.807, 2.05) is 48.7 Å². The molecule has 0 saturated carbocycles. The lowest BCUT2D eigenvalue weighted by Crippen LogP contribution is -2.25. The Kier molecular flexibility index (Phi) is 3.97. The summed E-state index contributed by atoms with van der Waals surface area (Å²) in [4.78, 5) is 12.6. The van der Waals surface area contributed by atoms with Crippen molar-refractivity contribution >= 4 is 33.2 Å². The van der Waals surface area contributed by atoms with Crippen LogP contribution >= 0.6 is 27.3 Å². The topological polar surface area (TPSA) is 29.1 Å². The van der Waals surface area contributed by atoms with Crippen LogP contribution in [0.4, 0.5) is 0 Å². The van der Waals surface area contributed by atoms with Gasteiger partial charge in [0.25, 0.3) is 5.91 Å². The second-order valence-corrected chi connectivity index (χ2v) is 5.59. The van der Waals surface area contributed by atoms with Gasteiger partial charge in [0.2, 0.25) is 0 Å². The van der Waals surface area contributed by atoms with Gasteiger partial charge in [0.1, 0.15) is 0 Å². The fourth-order valence-electron chi connectivity index (χ4n) is 1.53. The van der Waals surface area contributed by atoms with Crippen LogP contribution in [0.5, 0.6) is 0 Å². The fraction of sp³-hybridized carbons (Fsp3) is 0.154. The zero-order valence-corrected chi connectivity index (χ0v) is 11.7. The summed E-state index contributed by atoms with van der Waals surface area (Å²) in [7, 11) is 0. The van der Waals surface area contributed by atoms with Gasteiger partial charge in [-0.15, -0.1) is 11.3 Å². The van der Waals surface area contributed by atoms with E-state index in [0.717, 1.165) is 14.9 Å². The number of nitrogens with one attached hydrogen (secondary N) is 1. The molecule has 1 aromatic carbocycles. The molecule has 1 amide bonds. The Labute approximate surface area is 113 Å². The van der Waals surface area contributed by atoms with E-state index in [-0.39, 0.29) is 11.9 Å². The molecule has 88 valence electrons. The van der Waals surface area contributed by atoms with Gasteiger partial charge >= 0.3 is 0 Å². The molecule has 0 saturated heterocycles. The van der Waals surface area contributed by atoms with Crippen molar-refractivity contribution < 1.29 is 4.79 Å². The van der Waals surface area contributed by atoms with Crippen molar-refractivity contribution in [3.8, 4) is 0 Å². The number of benzene rings is 1. The summed E-state index contributed by atoms with van der Waals surface area (Å²) in [6.07, 6.45) is 0. The Bertz CT molecular complexity index is 510. The number of amides is 1. The number of carbonyl (C=O) groups excluding carboxylic acids is 1. The van der Waals surface area contributed by atoms with Crippen LogP contribution in [0.25, 0.3) is 0 Å². The molecule has 1 heterocycles. The van der Waals surface area contributed by atoms with Crippen LogP contribution in [0.1, 0.15) is 28.2 Å². The van der Waals surface area contributed by atoms with Crippen molar-refractivity contribution in [1.29, 1.82) is 0 Å². The summed E-state index contributed by atoms with van der Waals surface area (Å²) < 4.78 is 1.02. The summed E-state index contributed by atoms with van der Waals surface area (Å²) in [5, 5.41) is 4.88. The lowest BCUT2D eigenvalue weighted by molar-refractivity contribution is 0.0944. The molecule has 0 unspecified atom stereocenters. The highest BCUT2D eigenvalue weighted by Crippen LogP contribution is 2.18. The number of carbonyl (C=O) groups is 1. The molecule has 0 radical (unpaired) electrons. The Hall–Kier alpha value is -1.13. The van der Waals surface area contributed by atoms with Crippen molar-refractivity contribution in [2.75, 3.05) is 0 Å². The molecule has 2 nitrogen and oxygen atoms in total. The molecular formula is C13H12BrNOS. The minimum Gasteiger partial charge on any atom is -0.345 e. The highest BCUT2D eigenvalue weighted by atomic mass is 79.9. The molecule has 1 N–H and O–H groups in total. The maximum absolute atomic E-state index is 11.9. The van der Waals surface area contributed by atoms with Crippen LogP contribution in [0.3, 0.4) is 0 Å². The minimum atomic E-state index is -0.0209. The number of hydrogen-bond donors (Lipinski definition) is 1. The Balaban J connectivity index is 2.07. The minimum absolute atomic E-state index is 0.00194. The molecule has 0 aliphatic carbocycles. The van der Waals surface area contributed by atoms with Crippen molar-refractivity contribution in [3.05, 3.63) is 56.7 Å². The number of hydrogen-bond acceptors (Lipinski definition) is 2. The standard InChI is InChI=1S/C13H12BrNOS/c1-9(10-4-2-5-11(14)8-10)15-13(16)12-6-3-7-17-12/h2-9H,1H3,(H,15,16)/t9-/m0/s1. The molecule has 17 heavy (non-hydrogen) atoms. The van der Waals surface area contributed by atoms with E-state index in [9.17, 15) is 4.79 Å². The first kappa shape index (κ1) is 12.3. The maximum Gasteiger partial charge on any atom is 0.261 e. The molecule has 0 aliphatic rings. The van der Waals surface area contributed by atoms with Gasteiger partial charge in [-0.05, 0) is 36.1 Å². The molecule has 4 heteroatoms. The molecule has 2 aromatic rings. The molecule has 1 atom stereocenters. The van der Waals surface area contributed by atoms with E-state index >= 15 is 0 Å². The summed E-state index contributed by atoms with van der Waals surface area (Å²) in [6, 6.07) is 11.7.